The van der Waals surface area contributed by atoms with Gasteiger partial charge in [-0.3, -0.25) is 0 Å². The van der Waals surface area contributed by atoms with Gasteiger partial charge in [-0.1, -0.05) is 52.7 Å². The third-order valence-electron chi connectivity index (χ3n) is 5.68. The summed E-state index contributed by atoms with van der Waals surface area (Å²) in [6.45, 7) is 9.12. The van der Waals surface area contributed by atoms with E-state index in [9.17, 15) is 0 Å². The molecule has 0 N–H and O–H groups in total. The van der Waals surface area contributed by atoms with Crippen LogP contribution in [0.3, 0.4) is 0 Å². The molecule has 0 radical (unpaired) electrons. The summed E-state index contributed by atoms with van der Waals surface area (Å²) >= 11 is 7.13. The maximum absolute atomic E-state index is 7.13. The number of alkyl halides is 1. The van der Waals surface area contributed by atoms with E-state index in [1.165, 1.54) is 54.4 Å². The van der Waals surface area contributed by atoms with Crippen molar-refractivity contribution >= 4 is 11.6 Å². The van der Waals surface area contributed by atoms with E-state index in [1.54, 1.807) is 0 Å². The molecule has 0 bridgehead atoms. The largest absolute Gasteiger partial charge is 0.117 e. The van der Waals surface area contributed by atoms with Crippen LogP contribution in [0.5, 0.6) is 0 Å². The SMILES string of the molecule is CCc1cc(CC)c(C(Cl)C2(CC)CCCC2)c(CC)c1. The molecule has 1 aliphatic rings. The Bertz CT molecular complexity index is 444. The maximum atomic E-state index is 7.13. The zero-order valence-corrected chi connectivity index (χ0v) is 15.0. The first-order chi connectivity index (χ1) is 10.1. The number of hydrogen-bond donors (Lipinski definition) is 0. The average Bonchev–Trinajstić information content (AvgIpc) is 3.02. The smallest absolute Gasteiger partial charge is 0.0646 e. The zero-order chi connectivity index (χ0) is 15.5. The first kappa shape index (κ1) is 16.9. The summed E-state index contributed by atoms with van der Waals surface area (Å²) in [5, 5.41) is 0.195. The van der Waals surface area contributed by atoms with Crippen LogP contribution in [0, 0.1) is 5.41 Å². The highest BCUT2D eigenvalue weighted by atomic mass is 35.5. The molecule has 1 aromatic rings. The van der Waals surface area contributed by atoms with Crippen LogP contribution in [0.4, 0.5) is 0 Å². The molecule has 0 nitrogen and oxygen atoms in total. The second-order valence-corrected chi connectivity index (χ2v) is 7.11. The highest BCUT2D eigenvalue weighted by molar-refractivity contribution is 6.21. The van der Waals surface area contributed by atoms with E-state index in [0.29, 0.717) is 5.41 Å². The molecule has 1 aromatic carbocycles. The molecule has 0 aliphatic heterocycles. The highest BCUT2D eigenvalue weighted by Crippen LogP contribution is 2.54. The zero-order valence-electron chi connectivity index (χ0n) is 14.3. The Morgan fingerprint density at radius 2 is 1.48 bits per heavy atom. The standard InChI is InChI=1S/C20H31Cl/c1-5-15-13-16(6-2)18(17(7-3)14-15)19(21)20(8-4)11-9-10-12-20/h13-14,19H,5-12H2,1-4H3. The van der Waals surface area contributed by atoms with E-state index in [4.69, 9.17) is 11.6 Å². The summed E-state index contributed by atoms with van der Waals surface area (Å²) in [7, 11) is 0. The van der Waals surface area contributed by atoms with Crippen LogP contribution in [-0.2, 0) is 19.3 Å². The van der Waals surface area contributed by atoms with Crippen LogP contribution < -0.4 is 0 Å². The Morgan fingerprint density at radius 1 is 0.952 bits per heavy atom. The van der Waals surface area contributed by atoms with Gasteiger partial charge in [0.25, 0.3) is 0 Å². The summed E-state index contributed by atoms with van der Waals surface area (Å²) in [4.78, 5) is 0. The van der Waals surface area contributed by atoms with Crippen molar-refractivity contribution in [1.82, 2.24) is 0 Å². The molecule has 1 aliphatic carbocycles. The lowest BCUT2D eigenvalue weighted by Gasteiger charge is -2.35. The van der Waals surface area contributed by atoms with Crippen LogP contribution in [0.15, 0.2) is 12.1 Å². The predicted octanol–water partition coefficient (Wildman–Crippen LogP) is 6.62. The Balaban J connectivity index is 2.50. The topological polar surface area (TPSA) is 0 Å². The monoisotopic (exact) mass is 306 g/mol. The second kappa shape index (κ2) is 7.18. The summed E-state index contributed by atoms with van der Waals surface area (Å²) in [6.07, 6.45) is 9.84. The minimum Gasteiger partial charge on any atom is -0.117 e. The van der Waals surface area contributed by atoms with Gasteiger partial charge in [-0.05, 0) is 66.2 Å². The van der Waals surface area contributed by atoms with Crippen LogP contribution in [0.1, 0.15) is 87.4 Å². The predicted molar refractivity (Wildman–Crippen MR) is 94.4 cm³/mol. The van der Waals surface area contributed by atoms with Crippen LogP contribution in [0.2, 0.25) is 0 Å². The average molecular weight is 307 g/mol. The van der Waals surface area contributed by atoms with Gasteiger partial charge < -0.3 is 0 Å². The molecule has 2 rings (SSSR count). The van der Waals surface area contributed by atoms with Gasteiger partial charge in [0.2, 0.25) is 0 Å². The fourth-order valence-corrected chi connectivity index (χ4v) is 4.79. The van der Waals surface area contributed by atoms with Crippen molar-refractivity contribution in [2.75, 3.05) is 0 Å². The van der Waals surface area contributed by atoms with Gasteiger partial charge in [-0.15, -0.1) is 11.6 Å². The van der Waals surface area contributed by atoms with E-state index in [0.717, 1.165) is 19.3 Å². The minimum atomic E-state index is 0.195. The van der Waals surface area contributed by atoms with Crippen molar-refractivity contribution in [3.05, 3.63) is 34.4 Å². The molecule has 1 heteroatoms. The van der Waals surface area contributed by atoms with Crippen LogP contribution >= 0.6 is 11.6 Å². The van der Waals surface area contributed by atoms with E-state index >= 15 is 0 Å². The molecule has 0 heterocycles. The fourth-order valence-electron chi connectivity index (χ4n) is 4.14. The van der Waals surface area contributed by atoms with Gasteiger partial charge >= 0.3 is 0 Å². The van der Waals surface area contributed by atoms with Crippen LogP contribution in [0.25, 0.3) is 0 Å². The molecule has 0 amide bonds. The third-order valence-corrected chi connectivity index (χ3v) is 6.36. The first-order valence-corrected chi connectivity index (χ1v) is 9.34. The molecule has 0 spiro atoms. The van der Waals surface area contributed by atoms with Crippen LogP contribution in [-0.4, -0.2) is 0 Å². The van der Waals surface area contributed by atoms with Crippen molar-refractivity contribution in [2.45, 2.75) is 84.4 Å². The number of rotatable bonds is 6. The molecule has 1 saturated carbocycles. The van der Waals surface area contributed by atoms with E-state index in [2.05, 4.69) is 39.8 Å². The number of benzene rings is 1. The van der Waals surface area contributed by atoms with Gasteiger partial charge in [0.15, 0.2) is 0 Å². The Hall–Kier alpha value is -0.490. The van der Waals surface area contributed by atoms with Crippen molar-refractivity contribution in [1.29, 1.82) is 0 Å². The molecular weight excluding hydrogens is 276 g/mol. The lowest BCUT2D eigenvalue weighted by Crippen LogP contribution is -2.23. The lowest BCUT2D eigenvalue weighted by atomic mass is 9.74. The molecule has 0 aromatic heterocycles. The van der Waals surface area contributed by atoms with E-state index < -0.39 is 0 Å². The van der Waals surface area contributed by atoms with E-state index in [-0.39, 0.29) is 5.38 Å². The molecule has 1 unspecified atom stereocenters. The Kier molecular flexibility index (Phi) is 5.77. The first-order valence-electron chi connectivity index (χ1n) is 8.90. The van der Waals surface area contributed by atoms with Gasteiger partial charge in [0.1, 0.15) is 0 Å². The van der Waals surface area contributed by atoms with E-state index in [1.807, 2.05) is 0 Å². The minimum absolute atomic E-state index is 0.195. The van der Waals surface area contributed by atoms with Crippen molar-refractivity contribution in [3.8, 4) is 0 Å². The maximum Gasteiger partial charge on any atom is 0.0646 e. The number of hydrogen-bond acceptors (Lipinski definition) is 0. The molecule has 1 fully saturated rings. The fraction of sp³-hybridized carbons (Fsp3) is 0.700. The summed E-state index contributed by atoms with van der Waals surface area (Å²) in [5.41, 5.74) is 6.26. The van der Waals surface area contributed by atoms with Crippen molar-refractivity contribution < 1.29 is 0 Å². The van der Waals surface area contributed by atoms with Gasteiger partial charge in [-0.2, -0.15) is 0 Å². The molecule has 21 heavy (non-hydrogen) atoms. The highest BCUT2D eigenvalue weighted by Gasteiger charge is 2.40. The lowest BCUT2D eigenvalue weighted by molar-refractivity contribution is 0.269. The number of aryl methyl sites for hydroxylation is 3. The molecular formula is C20H31Cl. The normalized spacial score (nSPS) is 18.9. The third kappa shape index (κ3) is 3.16. The second-order valence-electron chi connectivity index (χ2n) is 6.67. The molecule has 1 atom stereocenters. The Morgan fingerprint density at radius 3 is 1.86 bits per heavy atom. The quantitative estimate of drug-likeness (QED) is 0.518. The Labute approximate surface area is 136 Å². The molecule has 118 valence electrons. The summed E-state index contributed by atoms with van der Waals surface area (Å²) in [5.74, 6) is 0. The summed E-state index contributed by atoms with van der Waals surface area (Å²) in [6, 6.07) is 4.81. The van der Waals surface area contributed by atoms with Crippen molar-refractivity contribution in [3.63, 3.8) is 0 Å². The van der Waals surface area contributed by atoms with Gasteiger partial charge in [0.05, 0.1) is 5.38 Å². The number of halogens is 1. The summed E-state index contributed by atoms with van der Waals surface area (Å²) < 4.78 is 0. The van der Waals surface area contributed by atoms with Gasteiger partial charge in [-0.25, -0.2) is 0 Å². The van der Waals surface area contributed by atoms with Crippen molar-refractivity contribution in [2.24, 2.45) is 5.41 Å². The van der Waals surface area contributed by atoms with Gasteiger partial charge in [0, 0.05) is 0 Å². The molecule has 0 saturated heterocycles.